The molecule has 1 unspecified atom stereocenters. The van der Waals surface area contributed by atoms with Crippen LogP contribution in [0.4, 0.5) is 0 Å². The van der Waals surface area contributed by atoms with Crippen LogP contribution < -0.4 is 5.73 Å². The molecule has 1 aromatic carbocycles. The van der Waals surface area contributed by atoms with Gasteiger partial charge in [0.2, 0.25) is 0 Å². The van der Waals surface area contributed by atoms with E-state index in [0.717, 1.165) is 17.7 Å². The van der Waals surface area contributed by atoms with Crippen molar-refractivity contribution >= 4 is 11.8 Å². The van der Waals surface area contributed by atoms with Gasteiger partial charge in [-0.2, -0.15) is 11.8 Å². The summed E-state index contributed by atoms with van der Waals surface area (Å²) < 4.78 is 0. The van der Waals surface area contributed by atoms with Crippen LogP contribution in [0.15, 0.2) is 24.3 Å². The molecule has 92 valence electrons. The van der Waals surface area contributed by atoms with E-state index in [2.05, 4.69) is 30.9 Å². The third-order valence-corrected chi connectivity index (χ3v) is 3.64. The van der Waals surface area contributed by atoms with Crippen molar-refractivity contribution in [2.45, 2.75) is 24.3 Å². The van der Waals surface area contributed by atoms with Crippen molar-refractivity contribution in [1.29, 1.82) is 0 Å². The summed E-state index contributed by atoms with van der Waals surface area (Å²) in [6.07, 6.45) is 0.845. The first kappa shape index (κ1) is 14.1. The number of aliphatic hydroxyl groups is 1. The van der Waals surface area contributed by atoms with E-state index in [-0.39, 0.29) is 6.61 Å². The van der Waals surface area contributed by atoms with Crippen molar-refractivity contribution in [2.24, 2.45) is 5.73 Å². The van der Waals surface area contributed by atoms with Crippen LogP contribution in [0, 0.1) is 11.8 Å². The zero-order valence-corrected chi connectivity index (χ0v) is 11.0. The predicted molar refractivity (Wildman–Crippen MR) is 74.8 cm³/mol. The van der Waals surface area contributed by atoms with Crippen LogP contribution in [0.3, 0.4) is 0 Å². The SMILES string of the molecule is CC(CCO)SCc1cccc(C#CCN)c1. The third kappa shape index (κ3) is 5.78. The molecule has 0 heterocycles. The highest BCUT2D eigenvalue weighted by Gasteiger charge is 2.02. The molecule has 0 fully saturated rings. The zero-order chi connectivity index (χ0) is 12.5. The fourth-order valence-corrected chi connectivity index (χ4v) is 2.32. The summed E-state index contributed by atoms with van der Waals surface area (Å²) in [4.78, 5) is 0. The molecule has 0 bridgehead atoms. The molecule has 0 amide bonds. The van der Waals surface area contributed by atoms with Crippen LogP contribution in [0.5, 0.6) is 0 Å². The molecular weight excluding hydrogens is 230 g/mol. The average Bonchev–Trinajstić information content (AvgIpc) is 2.35. The number of aliphatic hydroxyl groups excluding tert-OH is 1. The van der Waals surface area contributed by atoms with Gasteiger partial charge in [-0.1, -0.05) is 30.9 Å². The first-order valence-corrected chi connectivity index (χ1v) is 6.81. The Labute approximate surface area is 108 Å². The van der Waals surface area contributed by atoms with Gasteiger partial charge in [0.15, 0.2) is 0 Å². The van der Waals surface area contributed by atoms with Gasteiger partial charge in [-0.15, -0.1) is 0 Å². The van der Waals surface area contributed by atoms with Crippen molar-refractivity contribution in [2.75, 3.05) is 13.2 Å². The molecule has 2 nitrogen and oxygen atoms in total. The standard InChI is InChI=1S/C14H19NOS/c1-12(7-9-16)17-11-14-5-2-4-13(10-14)6-3-8-15/h2,4-5,10,12,16H,7-9,11,15H2,1H3. The van der Waals surface area contributed by atoms with Crippen LogP contribution in [0.2, 0.25) is 0 Å². The van der Waals surface area contributed by atoms with Crippen LogP contribution in [-0.2, 0) is 5.75 Å². The predicted octanol–water partition coefficient (Wildman–Crippen LogP) is 2.00. The molecule has 1 aromatic rings. The van der Waals surface area contributed by atoms with Crippen LogP contribution >= 0.6 is 11.8 Å². The number of rotatable bonds is 5. The molecule has 0 saturated heterocycles. The molecule has 0 aliphatic carbocycles. The van der Waals surface area contributed by atoms with Crippen molar-refractivity contribution < 1.29 is 5.11 Å². The van der Waals surface area contributed by atoms with E-state index >= 15 is 0 Å². The maximum Gasteiger partial charge on any atom is 0.0555 e. The third-order valence-electron chi connectivity index (χ3n) is 2.33. The van der Waals surface area contributed by atoms with Crippen molar-refractivity contribution in [3.05, 3.63) is 35.4 Å². The first-order chi connectivity index (χ1) is 8.26. The van der Waals surface area contributed by atoms with E-state index in [1.807, 2.05) is 23.9 Å². The molecule has 0 radical (unpaired) electrons. The minimum atomic E-state index is 0.260. The van der Waals surface area contributed by atoms with E-state index < -0.39 is 0 Å². The highest BCUT2D eigenvalue weighted by Crippen LogP contribution is 2.20. The van der Waals surface area contributed by atoms with E-state index in [4.69, 9.17) is 10.8 Å². The maximum atomic E-state index is 8.83. The number of hydrogen-bond donors (Lipinski definition) is 2. The van der Waals surface area contributed by atoms with E-state index in [9.17, 15) is 0 Å². The van der Waals surface area contributed by atoms with Gasteiger partial charge < -0.3 is 10.8 Å². The van der Waals surface area contributed by atoms with Gasteiger partial charge in [0.1, 0.15) is 0 Å². The minimum absolute atomic E-state index is 0.260. The lowest BCUT2D eigenvalue weighted by Gasteiger charge is -2.09. The lowest BCUT2D eigenvalue weighted by molar-refractivity contribution is 0.289. The monoisotopic (exact) mass is 249 g/mol. The number of hydrogen-bond acceptors (Lipinski definition) is 3. The lowest BCUT2D eigenvalue weighted by Crippen LogP contribution is -1.99. The van der Waals surface area contributed by atoms with Crippen LogP contribution in [0.1, 0.15) is 24.5 Å². The molecule has 3 heteroatoms. The number of nitrogens with two attached hydrogens (primary N) is 1. The summed E-state index contributed by atoms with van der Waals surface area (Å²) in [5.41, 5.74) is 7.63. The highest BCUT2D eigenvalue weighted by atomic mass is 32.2. The van der Waals surface area contributed by atoms with Gasteiger partial charge in [0.05, 0.1) is 6.54 Å². The Morgan fingerprint density at radius 1 is 1.47 bits per heavy atom. The summed E-state index contributed by atoms with van der Waals surface area (Å²) in [6, 6.07) is 8.22. The van der Waals surface area contributed by atoms with E-state index in [1.54, 1.807) is 0 Å². The summed E-state index contributed by atoms with van der Waals surface area (Å²) in [5, 5.41) is 9.32. The first-order valence-electron chi connectivity index (χ1n) is 5.76. The zero-order valence-electron chi connectivity index (χ0n) is 10.1. The Bertz CT molecular complexity index is 395. The molecule has 3 N–H and O–H groups in total. The number of thioether (sulfide) groups is 1. The normalized spacial score (nSPS) is 11.7. The Kier molecular flexibility index (Phi) is 6.80. The van der Waals surface area contributed by atoms with Gasteiger partial charge in [0, 0.05) is 23.2 Å². The molecule has 0 spiro atoms. The van der Waals surface area contributed by atoms with Crippen molar-refractivity contribution in [3.8, 4) is 11.8 Å². The molecular formula is C14H19NOS. The van der Waals surface area contributed by atoms with Gasteiger partial charge in [-0.25, -0.2) is 0 Å². The maximum absolute atomic E-state index is 8.83. The molecule has 0 saturated carbocycles. The largest absolute Gasteiger partial charge is 0.396 e. The smallest absolute Gasteiger partial charge is 0.0555 e. The van der Waals surface area contributed by atoms with Gasteiger partial charge in [-0.05, 0) is 24.1 Å². The Hall–Kier alpha value is -0.950. The van der Waals surface area contributed by atoms with Crippen molar-refractivity contribution in [1.82, 2.24) is 0 Å². The minimum Gasteiger partial charge on any atom is -0.396 e. The van der Waals surface area contributed by atoms with Crippen molar-refractivity contribution in [3.63, 3.8) is 0 Å². The molecule has 0 aliphatic rings. The summed E-state index contributed by atoms with van der Waals surface area (Å²) >= 11 is 1.85. The average molecular weight is 249 g/mol. The van der Waals surface area contributed by atoms with Gasteiger partial charge in [-0.3, -0.25) is 0 Å². The molecule has 1 atom stereocenters. The lowest BCUT2D eigenvalue weighted by atomic mass is 10.1. The van der Waals surface area contributed by atoms with Crippen LogP contribution in [-0.4, -0.2) is 23.5 Å². The quantitative estimate of drug-likeness (QED) is 0.785. The Balaban J connectivity index is 2.54. The topological polar surface area (TPSA) is 46.2 Å². The van der Waals surface area contributed by atoms with E-state index in [1.165, 1.54) is 5.56 Å². The summed E-state index contributed by atoms with van der Waals surface area (Å²) in [6.45, 7) is 2.79. The van der Waals surface area contributed by atoms with Gasteiger partial charge in [0.25, 0.3) is 0 Å². The Morgan fingerprint density at radius 3 is 3.00 bits per heavy atom. The van der Waals surface area contributed by atoms with Gasteiger partial charge >= 0.3 is 0 Å². The number of benzene rings is 1. The fourth-order valence-electron chi connectivity index (χ4n) is 1.40. The second-order valence-electron chi connectivity index (χ2n) is 3.84. The second-order valence-corrected chi connectivity index (χ2v) is 5.27. The molecule has 0 aliphatic heterocycles. The molecule has 0 aromatic heterocycles. The highest BCUT2D eigenvalue weighted by molar-refractivity contribution is 7.99. The molecule has 1 rings (SSSR count). The van der Waals surface area contributed by atoms with E-state index in [0.29, 0.717) is 11.8 Å². The second kappa shape index (κ2) is 8.19. The molecule has 17 heavy (non-hydrogen) atoms. The Morgan fingerprint density at radius 2 is 2.29 bits per heavy atom. The fraction of sp³-hybridized carbons (Fsp3) is 0.429. The summed E-state index contributed by atoms with van der Waals surface area (Å²) in [7, 11) is 0. The van der Waals surface area contributed by atoms with Crippen LogP contribution in [0.25, 0.3) is 0 Å². The summed E-state index contributed by atoms with van der Waals surface area (Å²) in [5.74, 6) is 6.85.